The molecule has 0 aromatic heterocycles. The number of benzene rings is 2. The average molecular weight is 397 g/mol. The number of carbonyl (C=O) groups is 3. The van der Waals surface area contributed by atoms with Crippen molar-refractivity contribution in [2.75, 3.05) is 12.4 Å². The number of hydrogen-bond donors (Lipinski definition) is 2. The number of carboxylic acid groups (broad SMARTS) is 1. The highest BCUT2D eigenvalue weighted by molar-refractivity contribution is 8.15. The van der Waals surface area contributed by atoms with Gasteiger partial charge in [-0.05, 0) is 42.8 Å². The lowest BCUT2D eigenvalue weighted by molar-refractivity contribution is -0.127. The summed E-state index contributed by atoms with van der Waals surface area (Å²) in [6.45, 7) is 1.95. The van der Waals surface area contributed by atoms with Gasteiger partial charge in [0.2, 0.25) is 11.8 Å². The van der Waals surface area contributed by atoms with Gasteiger partial charge in [0, 0.05) is 19.2 Å². The molecule has 28 heavy (non-hydrogen) atoms. The zero-order chi connectivity index (χ0) is 20.3. The Morgan fingerprint density at radius 1 is 1.18 bits per heavy atom. The summed E-state index contributed by atoms with van der Waals surface area (Å²) in [5.74, 6) is -1.53. The molecule has 0 aliphatic carbocycles. The van der Waals surface area contributed by atoms with E-state index in [9.17, 15) is 14.4 Å². The maximum absolute atomic E-state index is 12.5. The highest BCUT2D eigenvalue weighted by atomic mass is 32.2. The molecule has 1 fully saturated rings. The van der Waals surface area contributed by atoms with Gasteiger partial charge in [-0.15, -0.1) is 0 Å². The molecule has 2 N–H and O–H groups in total. The van der Waals surface area contributed by atoms with Gasteiger partial charge in [0.1, 0.15) is 5.25 Å². The van der Waals surface area contributed by atoms with E-state index in [4.69, 9.17) is 5.11 Å². The summed E-state index contributed by atoms with van der Waals surface area (Å²) in [6, 6.07) is 13.5. The standard InChI is InChI=1S/C20H19N3O4S/c1-12-5-3-4-6-15(12)22-20-23(2)18(25)16(28-20)11-17(24)21-14-9-7-13(8-10-14)19(26)27/h3-10,16H,11H2,1-2H3,(H,21,24)(H,26,27)/t16-/m0/s1. The van der Waals surface area contributed by atoms with Crippen LogP contribution in [0.4, 0.5) is 11.4 Å². The van der Waals surface area contributed by atoms with Gasteiger partial charge in [-0.2, -0.15) is 0 Å². The second kappa shape index (κ2) is 8.26. The summed E-state index contributed by atoms with van der Waals surface area (Å²) in [6.07, 6.45) is 0.00130. The van der Waals surface area contributed by atoms with Crippen LogP contribution >= 0.6 is 11.8 Å². The van der Waals surface area contributed by atoms with Gasteiger partial charge in [-0.1, -0.05) is 30.0 Å². The fourth-order valence-electron chi connectivity index (χ4n) is 2.67. The van der Waals surface area contributed by atoms with Crippen molar-refractivity contribution in [2.45, 2.75) is 18.6 Å². The third-order valence-corrected chi connectivity index (χ3v) is 5.49. The van der Waals surface area contributed by atoms with Gasteiger partial charge in [0.25, 0.3) is 0 Å². The van der Waals surface area contributed by atoms with E-state index in [-0.39, 0.29) is 23.8 Å². The number of carboxylic acids is 1. The molecule has 7 nitrogen and oxygen atoms in total. The smallest absolute Gasteiger partial charge is 0.335 e. The highest BCUT2D eigenvalue weighted by Gasteiger charge is 2.37. The SMILES string of the molecule is Cc1ccccc1N=C1S[C@@H](CC(=O)Nc2ccc(C(=O)O)cc2)C(=O)N1C. The van der Waals surface area contributed by atoms with Crippen molar-refractivity contribution in [2.24, 2.45) is 4.99 Å². The van der Waals surface area contributed by atoms with E-state index in [2.05, 4.69) is 10.3 Å². The van der Waals surface area contributed by atoms with Crippen molar-refractivity contribution in [3.8, 4) is 0 Å². The molecule has 1 aliphatic heterocycles. The van der Waals surface area contributed by atoms with Gasteiger partial charge in [0.05, 0.1) is 11.3 Å². The molecule has 2 amide bonds. The Morgan fingerprint density at radius 3 is 2.50 bits per heavy atom. The van der Waals surface area contributed by atoms with Gasteiger partial charge < -0.3 is 10.4 Å². The molecule has 144 valence electrons. The van der Waals surface area contributed by atoms with Crippen LogP contribution in [0.25, 0.3) is 0 Å². The third kappa shape index (κ3) is 4.40. The van der Waals surface area contributed by atoms with Crippen molar-refractivity contribution < 1.29 is 19.5 Å². The predicted molar refractivity (Wildman–Crippen MR) is 109 cm³/mol. The second-order valence-corrected chi connectivity index (χ2v) is 7.49. The number of rotatable bonds is 5. The number of thioether (sulfide) groups is 1. The third-order valence-electron chi connectivity index (χ3n) is 4.26. The molecule has 0 bridgehead atoms. The van der Waals surface area contributed by atoms with E-state index >= 15 is 0 Å². The Hall–Kier alpha value is -3.13. The van der Waals surface area contributed by atoms with Crippen LogP contribution in [0.2, 0.25) is 0 Å². The van der Waals surface area contributed by atoms with Gasteiger partial charge in [0.15, 0.2) is 5.17 Å². The fraction of sp³-hybridized carbons (Fsp3) is 0.200. The molecule has 1 aliphatic rings. The maximum Gasteiger partial charge on any atom is 0.335 e. The molecule has 2 aromatic rings. The van der Waals surface area contributed by atoms with Crippen LogP contribution in [0.15, 0.2) is 53.5 Å². The topological polar surface area (TPSA) is 99.1 Å². The first-order chi connectivity index (χ1) is 13.3. The van der Waals surface area contributed by atoms with Gasteiger partial charge in [-0.25, -0.2) is 9.79 Å². The predicted octanol–water partition coefficient (Wildman–Crippen LogP) is 3.28. The fourth-order valence-corrected chi connectivity index (χ4v) is 3.81. The van der Waals surface area contributed by atoms with Gasteiger partial charge in [-0.3, -0.25) is 14.5 Å². The van der Waals surface area contributed by atoms with Crippen LogP contribution < -0.4 is 5.32 Å². The Labute approximate surface area is 166 Å². The number of hydrogen-bond acceptors (Lipinski definition) is 5. The van der Waals surface area contributed by atoms with Crippen molar-refractivity contribution in [3.63, 3.8) is 0 Å². The van der Waals surface area contributed by atoms with E-state index in [0.717, 1.165) is 11.3 Å². The number of aromatic carboxylic acids is 1. The van der Waals surface area contributed by atoms with E-state index in [0.29, 0.717) is 10.9 Å². The van der Waals surface area contributed by atoms with Crippen LogP contribution in [0, 0.1) is 6.92 Å². The average Bonchev–Trinajstić information content (AvgIpc) is 2.92. The number of aliphatic imine (C=N–C) groups is 1. The summed E-state index contributed by atoms with van der Waals surface area (Å²) in [5, 5.41) is 11.6. The molecular formula is C20H19N3O4S. The number of carbonyl (C=O) groups excluding carboxylic acids is 2. The monoisotopic (exact) mass is 397 g/mol. The molecule has 8 heteroatoms. The first-order valence-corrected chi connectivity index (χ1v) is 9.45. The number of anilines is 1. The Balaban J connectivity index is 1.65. The minimum atomic E-state index is -1.03. The van der Waals surface area contributed by atoms with Crippen molar-refractivity contribution in [3.05, 3.63) is 59.7 Å². The lowest BCUT2D eigenvalue weighted by Gasteiger charge is -2.09. The Morgan fingerprint density at radius 2 is 1.86 bits per heavy atom. The van der Waals surface area contributed by atoms with Gasteiger partial charge >= 0.3 is 5.97 Å². The summed E-state index contributed by atoms with van der Waals surface area (Å²) < 4.78 is 0. The second-order valence-electron chi connectivity index (χ2n) is 6.32. The van der Waals surface area contributed by atoms with Crippen LogP contribution in [-0.2, 0) is 9.59 Å². The highest BCUT2D eigenvalue weighted by Crippen LogP contribution is 2.31. The molecular weight excluding hydrogens is 378 g/mol. The molecule has 2 aromatic carbocycles. The zero-order valence-corrected chi connectivity index (χ0v) is 16.2. The van der Waals surface area contributed by atoms with Crippen LogP contribution in [-0.4, -0.2) is 45.3 Å². The van der Waals surface area contributed by atoms with E-state index in [1.54, 1.807) is 7.05 Å². The van der Waals surface area contributed by atoms with E-state index < -0.39 is 11.2 Å². The van der Waals surface area contributed by atoms with Crippen molar-refractivity contribution in [1.82, 2.24) is 4.90 Å². The minimum Gasteiger partial charge on any atom is -0.478 e. The molecule has 0 unspecified atom stereocenters. The summed E-state index contributed by atoms with van der Waals surface area (Å²) in [7, 11) is 1.65. The molecule has 1 saturated heterocycles. The number of amidine groups is 1. The first-order valence-electron chi connectivity index (χ1n) is 8.57. The number of aryl methyl sites for hydroxylation is 1. The van der Waals surface area contributed by atoms with Crippen molar-refractivity contribution in [1.29, 1.82) is 0 Å². The quantitative estimate of drug-likeness (QED) is 0.807. The molecule has 0 spiro atoms. The van der Waals surface area contributed by atoms with E-state index in [1.807, 2.05) is 31.2 Å². The summed E-state index contributed by atoms with van der Waals surface area (Å²) >= 11 is 1.26. The normalized spacial score (nSPS) is 17.8. The van der Waals surface area contributed by atoms with Crippen molar-refractivity contribution >= 4 is 46.1 Å². The number of nitrogens with one attached hydrogen (secondary N) is 1. The molecule has 0 saturated carbocycles. The zero-order valence-electron chi connectivity index (χ0n) is 15.4. The van der Waals surface area contributed by atoms with E-state index in [1.165, 1.54) is 40.9 Å². The minimum absolute atomic E-state index is 0.00130. The van der Waals surface area contributed by atoms with Crippen LogP contribution in [0.1, 0.15) is 22.3 Å². The number of para-hydroxylation sites is 1. The Kier molecular flexibility index (Phi) is 5.79. The summed E-state index contributed by atoms with van der Waals surface area (Å²) in [4.78, 5) is 41.7. The molecule has 1 atom stereocenters. The molecule has 3 rings (SSSR count). The molecule has 1 heterocycles. The summed E-state index contributed by atoms with van der Waals surface area (Å²) in [5.41, 5.74) is 2.40. The maximum atomic E-state index is 12.5. The lowest BCUT2D eigenvalue weighted by atomic mass is 10.2. The Bertz CT molecular complexity index is 956. The first kappa shape index (κ1) is 19.6. The number of nitrogens with zero attached hydrogens (tertiary/aromatic N) is 2. The largest absolute Gasteiger partial charge is 0.478 e. The number of amides is 2. The van der Waals surface area contributed by atoms with Crippen LogP contribution in [0.3, 0.4) is 0 Å². The molecule has 0 radical (unpaired) electrons. The van der Waals surface area contributed by atoms with Crippen LogP contribution in [0.5, 0.6) is 0 Å². The lowest BCUT2D eigenvalue weighted by Crippen LogP contribution is -2.30.